The topological polar surface area (TPSA) is 47.6 Å². The van der Waals surface area contributed by atoms with Crippen molar-refractivity contribution in [2.45, 2.75) is 70.1 Å². The van der Waals surface area contributed by atoms with Crippen molar-refractivity contribution in [3.8, 4) is 0 Å². The number of carbonyl (C=O) groups is 1. The molecular formula is C15H27NO3. The molecule has 4 heteroatoms. The van der Waals surface area contributed by atoms with E-state index in [1.54, 1.807) is 0 Å². The van der Waals surface area contributed by atoms with Crippen molar-refractivity contribution in [1.82, 2.24) is 5.32 Å². The van der Waals surface area contributed by atoms with E-state index in [-0.39, 0.29) is 12.1 Å². The van der Waals surface area contributed by atoms with Crippen LogP contribution in [0.2, 0.25) is 0 Å². The Morgan fingerprint density at radius 2 is 2.11 bits per heavy atom. The van der Waals surface area contributed by atoms with Crippen LogP contribution in [0.4, 0.5) is 0 Å². The van der Waals surface area contributed by atoms with Gasteiger partial charge in [0.1, 0.15) is 5.54 Å². The normalized spacial score (nSPS) is 31.5. The molecule has 0 saturated heterocycles. The zero-order chi connectivity index (χ0) is 13.9. The second kappa shape index (κ2) is 6.23. The quantitative estimate of drug-likeness (QED) is 0.751. The molecule has 2 atom stereocenters. The lowest BCUT2D eigenvalue weighted by atomic mass is 9.79. The number of methoxy groups -OCH3 is 1. The van der Waals surface area contributed by atoms with Crippen molar-refractivity contribution >= 4 is 5.97 Å². The SMILES string of the molecule is COC(=O)C1(NC2CC2)CCCC(OCC(C)C)C1. The summed E-state index contributed by atoms with van der Waals surface area (Å²) < 4.78 is 11.0. The first-order valence-electron chi connectivity index (χ1n) is 7.53. The maximum absolute atomic E-state index is 12.2. The average Bonchev–Trinajstić information content (AvgIpc) is 3.19. The zero-order valence-corrected chi connectivity index (χ0v) is 12.4. The van der Waals surface area contributed by atoms with Crippen molar-refractivity contribution in [3.05, 3.63) is 0 Å². The minimum atomic E-state index is -0.504. The Morgan fingerprint density at radius 3 is 2.68 bits per heavy atom. The Morgan fingerprint density at radius 1 is 1.37 bits per heavy atom. The van der Waals surface area contributed by atoms with Crippen LogP contribution in [0.3, 0.4) is 0 Å². The summed E-state index contributed by atoms with van der Waals surface area (Å²) in [5.41, 5.74) is -0.504. The lowest BCUT2D eigenvalue weighted by molar-refractivity contribution is -0.153. The van der Waals surface area contributed by atoms with E-state index in [2.05, 4.69) is 19.2 Å². The third-order valence-electron chi connectivity index (χ3n) is 4.00. The molecule has 2 rings (SSSR count). The Balaban J connectivity index is 1.98. The zero-order valence-electron chi connectivity index (χ0n) is 12.4. The van der Waals surface area contributed by atoms with Gasteiger partial charge >= 0.3 is 5.97 Å². The van der Waals surface area contributed by atoms with Crippen LogP contribution < -0.4 is 5.32 Å². The van der Waals surface area contributed by atoms with E-state index in [1.165, 1.54) is 20.0 Å². The van der Waals surface area contributed by atoms with Crippen LogP contribution in [0.1, 0.15) is 52.4 Å². The van der Waals surface area contributed by atoms with Gasteiger partial charge in [0.15, 0.2) is 0 Å². The summed E-state index contributed by atoms with van der Waals surface area (Å²) in [6.45, 7) is 5.07. The molecule has 0 spiro atoms. The van der Waals surface area contributed by atoms with E-state index in [0.29, 0.717) is 12.0 Å². The molecule has 0 heterocycles. The van der Waals surface area contributed by atoms with Crippen LogP contribution in [0.15, 0.2) is 0 Å². The van der Waals surface area contributed by atoms with Crippen LogP contribution in [-0.4, -0.2) is 37.4 Å². The van der Waals surface area contributed by atoms with Gasteiger partial charge in [-0.3, -0.25) is 10.1 Å². The maximum atomic E-state index is 12.2. The second-order valence-electron chi connectivity index (χ2n) is 6.44. The van der Waals surface area contributed by atoms with Gasteiger partial charge in [-0.1, -0.05) is 13.8 Å². The second-order valence-corrected chi connectivity index (χ2v) is 6.44. The molecule has 0 radical (unpaired) electrons. The lowest BCUT2D eigenvalue weighted by Crippen LogP contribution is -2.57. The van der Waals surface area contributed by atoms with E-state index >= 15 is 0 Å². The van der Waals surface area contributed by atoms with Gasteiger partial charge in [-0.25, -0.2) is 0 Å². The smallest absolute Gasteiger partial charge is 0.326 e. The van der Waals surface area contributed by atoms with Gasteiger partial charge in [0, 0.05) is 19.1 Å². The summed E-state index contributed by atoms with van der Waals surface area (Å²) in [6.07, 6.45) is 6.24. The van der Waals surface area contributed by atoms with Crippen LogP contribution in [0.25, 0.3) is 0 Å². The van der Waals surface area contributed by atoms with Crippen LogP contribution in [0, 0.1) is 5.92 Å². The molecule has 2 aliphatic rings. The van der Waals surface area contributed by atoms with Crippen molar-refractivity contribution in [2.24, 2.45) is 5.92 Å². The Bertz CT molecular complexity index is 315. The largest absolute Gasteiger partial charge is 0.468 e. The van der Waals surface area contributed by atoms with Crippen molar-refractivity contribution in [1.29, 1.82) is 0 Å². The highest BCUT2D eigenvalue weighted by atomic mass is 16.5. The summed E-state index contributed by atoms with van der Waals surface area (Å²) in [4.78, 5) is 12.2. The van der Waals surface area contributed by atoms with Crippen molar-refractivity contribution in [2.75, 3.05) is 13.7 Å². The number of ether oxygens (including phenoxy) is 2. The summed E-state index contributed by atoms with van der Waals surface area (Å²) in [7, 11) is 1.48. The van der Waals surface area contributed by atoms with Gasteiger partial charge in [0.05, 0.1) is 13.2 Å². The van der Waals surface area contributed by atoms with Gasteiger partial charge < -0.3 is 9.47 Å². The fraction of sp³-hybridized carbons (Fsp3) is 0.933. The molecule has 0 aliphatic heterocycles. The Labute approximate surface area is 116 Å². The molecule has 2 fully saturated rings. The third-order valence-corrected chi connectivity index (χ3v) is 4.00. The number of nitrogens with one attached hydrogen (secondary N) is 1. The number of hydrogen-bond donors (Lipinski definition) is 1. The minimum Gasteiger partial charge on any atom is -0.468 e. The van der Waals surface area contributed by atoms with E-state index in [9.17, 15) is 4.79 Å². The van der Waals surface area contributed by atoms with Gasteiger partial charge in [-0.05, 0) is 38.0 Å². The van der Waals surface area contributed by atoms with E-state index in [4.69, 9.17) is 9.47 Å². The van der Waals surface area contributed by atoms with Gasteiger partial charge in [0.25, 0.3) is 0 Å². The summed E-state index contributed by atoms with van der Waals surface area (Å²) >= 11 is 0. The summed E-state index contributed by atoms with van der Waals surface area (Å²) in [5.74, 6) is 0.420. The Kier molecular flexibility index (Phi) is 4.85. The molecule has 0 aromatic heterocycles. The summed E-state index contributed by atoms with van der Waals surface area (Å²) in [5, 5.41) is 3.52. The average molecular weight is 269 g/mol. The monoisotopic (exact) mass is 269 g/mol. The number of hydrogen-bond acceptors (Lipinski definition) is 4. The molecule has 110 valence electrons. The third kappa shape index (κ3) is 3.93. The lowest BCUT2D eigenvalue weighted by Gasteiger charge is -2.39. The molecule has 0 amide bonds. The fourth-order valence-corrected chi connectivity index (χ4v) is 2.88. The van der Waals surface area contributed by atoms with Crippen molar-refractivity contribution < 1.29 is 14.3 Å². The molecule has 0 aromatic rings. The van der Waals surface area contributed by atoms with Gasteiger partial charge in [-0.2, -0.15) is 0 Å². The van der Waals surface area contributed by atoms with E-state index in [0.717, 1.165) is 32.3 Å². The molecule has 19 heavy (non-hydrogen) atoms. The highest BCUT2D eigenvalue weighted by molar-refractivity contribution is 5.81. The van der Waals surface area contributed by atoms with Gasteiger partial charge in [0.2, 0.25) is 0 Å². The standard InChI is InChI=1S/C15H27NO3/c1-11(2)10-19-13-5-4-8-15(9-13,14(17)18-3)16-12-6-7-12/h11-13,16H,4-10H2,1-3H3. The molecule has 2 unspecified atom stereocenters. The predicted octanol–water partition coefficient (Wildman–Crippen LogP) is 2.27. The molecule has 2 aliphatic carbocycles. The highest BCUT2D eigenvalue weighted by Gasteiger charge is 2.46. The number of rotatable bonds is 6. The van der Waals surface area contributed by atoms with E-state index < -0.39 is 5.54 Å². The molecular weight excluding hydrogens is 242 g/mol. The van der Waals surface area contributed by atoms with Crippen LogP contribution in [-0.2, 0) is 14.3 Å². The minimum absolute atomic E-state index is 0.114. The van der Waals surface area contributed by atoms with E-state index in [1.807, 2.05) is 0 Å². The van der Waals surface area contributed by atoms with Crippen molar-refractivity contribution in [3.63, 3.8) is 0 Å². The van der Waals surface area contributed by atoms with Gasteiger partial charge in [-0.15, -0.1) is 0 Å². The molecule has 1 N–H and O–H groups in total. The number of esters is 1. The first kappa shape index (κ1) is 14.8. The maximum Gasteiger partial charge on any atom is 0.326 e. The summed E-state index contributed by atoms with van der Waals surface area (Å²) in [6, 6.07) is 0.503. The van der Waals surface area contributed by atoms with Crippen LogP contribution >= 0.6 is 0 Å². The first-order valence-corrected chi connectivity index (χ1v) is 7.53. The molecule has 0 bridgehead atoms. The molecule has 2 saturated carbocycles. The highest BCUT2D eigenvalue weighted by Crippen LogP contribution is 2.35. The molecule has 4 nitrogen and oxygen atoms in total. The Hall–Kier alpha value is -0.610. The number of carbonyl (C=O) groups excluding carboxylic acids is 1. The fourth-order valence-electron chi connectivity index (χ4n) is 2.88. The molecule has 0 aromatic carbocycles. The first-order chi connectivity index (χ1) is 9.05. The predicted molar refractivity (Wildman–Crippen MR) is 74.0 cm³/mol. The van der Waals surface area contributed by atoms with Crippen LogP contribution in [0.5, 0.6) is 0 Å².